The minimum atomic E-state index is -0.513. The van der Waals surface area contributed by atoms with E-state index in [9.17, 15) is 4.79 Å². The van der Waals surface area contributed by atoms with Crippen molar-refractivity contribution in [1.82, 2.24) is 5.32 Å². The Hall–Kier alpha value is -2.49. The van der Waals surface area contributed by atoms with E-state index in [1.807, 2.05) is 63.2 Å². The van der Waals surface area contributed by atoms with Crippen molar-refractivity contribution in [3.05, 3.63) is 59.2 Å². The minimum absolute atomic E-state index is 0.0135. The molecule has 0 atom stereocenters. The Bertz CT molecular complexity index is 723. The standard InChI is InChI=1S/C20H25NO3/c1-14-7-6-8-15(11-14)12-19(22)21-20(2,3)16-9-10-17(23-4)18(13-16)24-5/h6-11,13H,12H2,1-5H3,(H,21,22). The maximum atomic E-state index is 12.4. The van der Waals surface area contributed by atoms with Crippen LogP contribution >= 0.6 is 0 Å². The maximum Gasteiger partial charge on any atom is 0.225 e. The van der Waals surface area contributed by atoms with Gasteiger partial charge >= 0.3 is 0 Å². The molecule has 0 bridgehead atoms. The fourth-order valence-electron chi connectivity index (χ4n) is 2.70. The summed E-state index contributed by atoms with van der Waals surface area (Å²) in [5, 5.41) is 3.09. The number of ether oxygens (including phenoxy) is 2. The van der Waals surface area contributed by atoms with Crippen molar-refractivity contribution in [2.75, 3.05) is 14.2 Å². The Kier molecular flexibility index (Phi) is 5.50. The number of rotatable bonds is 6. The van der Waals surface area contributed by atoms with E-state index < -0.39 is 5.54 Å². The predicted molar refractivity (Wildman–Crippen MR) is 95.6 cm³/mol. The van der Waals surface area contributed by atoms with E-state index in [1.165, 1.54) is 0 Å². The third kappa shape index (κ3) is 4.28. The Balaban J connectivity index is 2.13. The molecular formula is C20H25NO3. The molecule has 0 saturated heterocycles. The van der Waals surface area contributed by atoms with E-state index in [0.717, 1.165) is 16.7 Å². The van der Waals surface area contributed by atoms with Crippen LogP contribution in [0.2, 0.25) is 0 Å². The summed E-state index contributed by atoms with van der Waals surface area (Å²) in [5.41, 5.74) is 2.60. The topological polar surface area (TPSA) is 47.6 Å². The lowest BCUT2D eigenvalue weighted by Crippen LogP contribution is -2.41. The molecule has 24 heavy (non-hydrogen) atoms. The molecule has 0 aliphatic carbocycles. The highest BCUT2D eigenvalue weighted by atomic mass is 16.5. The average molecular weight is 327 g/mol. The van der Waals surface area contributed by atoms with Gasteiger partial charge in [0, 0.05) is 0 Å². The second kappa shape index (κ2) is 7.39. The van der Waals surface area contributed by atoms with Gasteiger partial charge in [0.2, 0.25) is 5.91 Å². The number of aryl methyl sites for hydroxylation is 1. The second-order valence-corrected chi connectivity index (χ2v) is 6.41. The van der Waals surface area contributed by atoms with Crippen molar-refractivity contribution in [2.45, 2.75) is 32.7 Å². The van der Waals surface area contributed by atoms with Crippen LogP contribution in [0.1, 0.15) is 30.5 Å². The van der Waals surface area contributed by atoms with Gasteiger partial charge in [0.15, 0.2) is 11.5 Å². The largest absolute Gasteiger partial charge is 0.493 e. The van der Waals surface area contributed by atoms with E-state index >= 15 is 0 Å². The minimum Gasteiger partial charge on any atom is -0.493 e. The molecular weight excluding hydrogens is 302 g/mol. The normalized spacial score (nSPS) is 11.0. The zero-order valence-corrected chi connectivity index (χ0v) is 15.0. The molecule has 2 aromatic rings. The summed E-state index contributed by atoms with van der Waals surface area (Å²) in [4.78, 5) is 12.4. The van der Waals surface area contributed by atoms with Crippen molar-refractivity contribution in [2.24, 2.45) is 0 Å². The van der Waals surface area contributed by atoms with Gasteiger partial charge in [-0.25, -0.2) is 0 Å². The van der Waals surface area contributed by atoms with E-state index in [4.69, 9.17) is 9.47 Å². The summed E-state index contributed by atoms with van der Waals surface area (Å²) in [6.45, 7) is 5.97. The van der Waals surface area contributed by atoms with Crippen LogP contribution in [0.4, 0.5) is 0 Å². The molecule has 0 saturated carbocycles. The summed E-state index contributed by atoms with van der Waals surface area (Å²) in [6.07, 6.45) is 0.360. The summed E-state index contributed by atoms with van der Waals surface area (Å²) < 4.78 is 10.6. The molecule has 0 unspecified atom stereocenters. The van der Waals surface area contributed by atoms with E-state index in [-0.39, 0.29) is 5.91 Å². The smallest absolute Gasteiger partial charge is 0.225 e. The molecule has 4 nitrogen and oxygen atoms in total. The van der Waals surface area contributed by atoms with Crippen LogP contribution in [0.5, 0.6) is 11.5 Å². The molecule has 0 aliphatic rings. The summed E-state index contributed by atoms with van der Waals surface area (Å²) in [7, 11) is 3.21. The summed E-state index contributed by atoms with van der Waals surface area (Å²) in [5.74, 6) is 1.31. The number of methoxy groups -OCH3 is 2. The predicted octanol–water partition coefficient (Wildman–Crippen LogP) is 3.61. The summed E-state index contributed by atoms with van der Waals surface area (Å²) >= 11 is 0. The van der Waals surface area contributed by atoms with Crippen LogP contribution in [-0.2, 0) is 16.8 Å². The van der Waals surface area contributed by atoms with Gasteiger partial charge < -0.3 is 14.8 Å². The highest BCUT2D eigenvalue weighted by Gasteiger charge is 2.24. The zero-order valence-electron chi connectivity index (χ0n) is 15.0. The van der Waals surface area contributed by atoms with E-state index in [0.29, 0.717) is 17.9 Å². The lowest BCUT2D eigenvalue weighted by molar-refractivity contribution is -0.122. The number of hydrogen-bond acceptors (Lipinski definition) is 3. The van der Waals surface area contributed by atoms with Crippen LogP contribution in [0.25, 0.3) is 0 Å². The molecule has 0 heterocycles. The molecule has 4 heteroatoms. The third-order valence-corrected chi connectivity index (χ3v) is 4.00. The Labute approximate surface area is 143 Å². The number of amides is 1. The Morgan fingerprint density at radius 2 is 1.75 bits per heavy atom. The van der Waals surface area contributed by atoms with Crippen LogP contribution in [0.15, 0.2) is 42.5 Å². The van der Waals surface area contributed by atoms with E-state index in [1.54, 1.807) is 14.2 Å². The lowest BCUT2D eigenvalue weighted by Gasteiger charge is -2.27. The monoisotopic (exact) mass is 327 g/mol. The number of carbonyl (C=O) groups excluding carboxylic acids is 1. The molecule has 2 aromatic carbocycles. The number of benzene rings is 2. The number of carbonyl (C=O) groups is 1. The first kappa shape index (κ1) is 17.9. The first-order chi connectivity index (χ1) is 11.4. The van der Waals surface area contributed by atoms with Gasteiger partial charge in [-0.2, -0.15) is 0 Å². The highest BCUT2D eigenvalue weighted by Crippen LogP contribution is 2.32. The zero-order chi connectivity index (χ0) is 17.7. The van der Waals surface area contributed by atoms with Crippen molar-refractivity contribution in [3.63, 3.8) is 0 Å². The van der Waals surface area contributed by atoms with Gasteiger partial charge in [-0.05, 0) is 44.0 Å². The first-order valence-corrected chi connectivity index (χ1v) is 7.95. The van der Waals surface area contributed by atoms with Crippen molar-refractivity contribution in [1.29, 1.82) is 0 Å². The maximum absolute atomic E-state index is 12.4. The van der Waals surface area contributed by atoms with Crippen molar-refractivity contribution >= 4 is 5.91 Å². The molecule has 2 rings (SSSR count). The van der Waals surface area contributed by atoms with Crippen LogP contribution in [-0.4, -0.2) is 20.1 Å². The van der Waals surface area contributed by atoms with E-state index in [2.05, 4.69) is 5.32 Å². The molecule has 0 spiro atoms. The average Bonchev–Trinajstić information content (AvgIpc) is 2.53. The highest BCUT2D eigenvalue weighted by molar-refractivity contribution is 5.79. The van der Waals surface area contributed by atoms with Gasteiger partial charge in [0.05, 0.1) is 26.2 Å². The lowest BCUT2D eigenvalue weighted by atomic mass is 9.93. The molecule has 0 aliphatic heterocycles. The molecule has 128 valence electrons. The molecule has 0 fully saturated rings. The first-order valence-electron chi connectivity index (χ1n) is 7.95. The molecule has 0 aromatic heterocycles. The van der Waals surface area contributed by atoms with Crippen molar-refractivity contribution in [3.8, 4) is 11.5 Å². The van der Waals surface area contributed by atoms with Gasteiger partial charge in [-0.1, -0.05) is 35.9 Å². The van der Waals surface area contributed by atoms with Crippen LogP contribution < -0.4 is 14.8 Å². The van der Waals surface area contributed by atoms with Gasteiger partial charge in [-0.15, -0.1) is 0 Å². The fourth-order valence-corrected chi connectivity index (χ4v) is 2.70. The SMILES string of the molecule is COc1ccc(C(C)(C)NC(=O)Cc2cccc(C)c2)cc1OC. The number of hydrogen-bond donors (Lipinski definition) is 1. The fraction of sp³-hybridized carbons (Fsp3) is 0.350. The van der Waals surface area contributed by atoms with Gasteiger partial charge in [0.1, 0.15) is 0 Å². The van der Waals surface area contributed by atoms with Gasteiger partial charge in [-0.3, -0.25) is 4.79 Å². The Morgan fingerprint density at radius 3 is 2.38 bits per heavy atom. The molecule has 0 radical (unpaired) electrons. The number of nitrogens with one attached hydrogen (secondary N) is 1. The van der Waals surface area contributed by atoms with Gasteiger partial charge in [0.25, 0.3) is 0 Å². The second-order valence-electron chi connectivity index (χ2n) is 6.41. The Morgan fingerprint density at radius 1 is 1.04 bits per heavy atom. The quantitative estimate of drug-likeness (QED) is 0.882. The third-order valence-electron chi connectivity index (χ3n) is 4.00. The van der Waals surface area contributed by atoms with Crippen molar-refractivity contribution < 1.29 is 14.3 Å². The molecule has 1 amide bonds. The summed E-state index contributed by atoms with van der Waals surface area (Å²) in [6, 6.07) is 13.7. The molecule has 1 N–H and O–H groups in total. The van der Waals surface area contributed by atoms with Crippen LogP contribution in [0, 0.1) is 6.92 Å². The van der Waals surface area contributed by atoms with Crippen LogP contribution in [0.3, 0.4) is 0 Å².